The third-order valence-electron chi connectivity index (χ3n) is 3.18. The van der Waals surface area contributed by atoms with Gasteiger partial charge in [0.15, 0.2) is 6.10 Å². The van der Waals surface area contributed by atoms with Gasteiger partial charge in [0.05, 0.1) is 5.02 Å². The smallest absolute Gasteiger partial charge is 0.261 e. The van der Waals surface area contributed by atoms with Crippen molar-refractivity contribution in [2.45, 2.75) is 26.0 Å². The topological polar surface area (TPSA) is 38.3 Å². The predicted molar refractivity (Wildman–Crippen MR) is 89.4 cm³/mol. The molecular weight excluding hydrogens is 340 g/mol. The van der Waals surface area contributed by atoms with Gasteiger partial charge in [0.25, 0.3) is 5.91 Å². The molecule has 2 rings (SSSR count). The summed E-state index contributed by atoms with van der Waals surface area (Å²) in [6.07, 6.45) is -0.226. The zero-order valence-corrected chi connectivity index (χ0v) is 14.0. The van der Waals surface area contributed by atoms with Gasteiger partial charge in [0.1, 0.15) is 11.6 Å². The Labute approximate surface area is 144 Å². The van der Waals surface area contributed by atoms with Gasteiger partial charge in [-0.3, -0.25) is 4.79 Å². The number of rotatable bonds is 6. The third-order valence-corrected chi connectivity index (χ3v) is 3.71. The summed E-state index contributed by atoms with van der Waals surface area (Å²) in [5, 5.41) is 3.56. The fraction of sp³-hybridized carbons (Fsp3) is 0.235. The summed E-state index contributed by atoms with van der Waals surface area (Å²) in [6, 6.07) is 10.9. The number of benzene rings is 2. The van der Waals surface area contributed by atoms with Crippen LogP contribution in [0.3, 0.4) is 0 Å². The molecule has 0 aromatic heterocycles. The molecule has 0 saturated carbocycles. The second-order valence-electron chi connectivity index (χ2n) is 4.94. The number of hydrogen-bond donors (Lipinski definition) is 1. The average Bonchev–Trinajstić information content (AvgIpc) is 2.52. The molecule has 0 radical (unpaired) electrons. The van der Waals surface area contributed by atoms with Gasteiger partial charge in [-0.1, -0.05) is 42.3 Å². The van der Waals surface area contributed by atoms with Crippen molar-refractivity contribution in [2.75, 3.05) is 0 Å². The molecule has 1 N–H and O–H groups in total. The number of nitrogens with one attached hydrogen (secondary N) is 1. The van der Waals surface area contributed by atoms with Crippen LogP contribution >= 0.6 is 23.2 Å². The van der Waals surface area contributed by atoms with Gasteiger partial charge in [-0.05, 0) is 42.3 Å². The number of hydrogen-bond acceptors (Lipinski definition) is 2. The van der Waals surface area contributed by atoms with Gasteiger partial charge in [-0.2, -0.15) is 0 Å². The van der Waals surface area contributed by atoms with Gasteiger partial charge in [0, 0.05) is 11.6 Å². The summed E-state index contributed by atoms with van der Waals surface area (Å²) >= 11 is 11.9. The van der Waals surface area contributed by atoms with E-state index in [9.17, 15) is 9.18 Å². The van der Waals surface area contributed by atoms with E-state index in [0.29, 0.717) is 27.8 Å². The van der Waals surface area contributed by atoms with E-state index in [-0.39, 0.29) is 18.3 Å². The second kappa shape index (κ2) is 8.18. The first kappa shape index (κ1) is 17.6. The number of carbonyl (C=O) groups is 1. The standard InChI is InChI=1S/C17H16Cl2FNO2/c1-2-15(23-16-7-6-12(18)9-14(16)19)17(22)21-10-11-4-3-5-13(20)8-11/h3-9,15H,2,10H2,1H3,(H,21,22). The van der Waals surface area contributed by atoms with Crippen molar-refractivity contribution in [1.29, 1.82) is 0 Å². The van der Waals surface area contributed by atoms with Crippen LogP contribution in [0.2, 0.25) is 10.0 Å². The predicted octanol–water partition coefficient (Wildman–Crippen LogP) is 4.61. The molecule has 2 aromatic rings. The molecule has 0 heterocycles. The fourth-order valence-corrected chi connectivity index (χ4v) is 2.45. The molecule has 3 nitrogen and oxygen atoms in total. The molecule has 1 amide bonds. The van der Waals surface area contributed by atoms with E-state index in [0.717, 1.165) is 0 Å². The Kier molecular flexibility index (Phi) is 6.25. The van der Waals surface area contributed by atoms with E-state index >= 15 is 0 Å². The lowest BCUT2D eigenvalue weighted by Crippen LogP contribution is -2.37. The Morgan fingerprint density at radius 3 is 2.70 bits per heavy atom. The summed E-state index contributed by atoms with van der Waals surface area (Å²) in [5.74, 6) is -0.236. The number of amides is 1. The van der Waals surface area contributed by atoms with Crippen molar-refractivity contribution < 1.29 is 13.9 Å². The first-order chi connectivity index (χ1) is 11.0. The van der Waals surface area contributed by atoms with E-state index in [1.54, 1.807) is 30.3 Å². The van der Waals surface area contributed by atoms with Gasteiger partial charge in [0.2, 0.25) is 0 Å². The molecule has 0 aliphatic heterocycles. The molecule has 0 aliphatic rings. The molecule has 1 unspecified atom stereocenters. The zero-order chi connectivity index (χ0) is 16.8. The van der Waals surface area contributed by atoms with Crippen LogP contribution in [0.25, 0.3) is 0 Å². The van der Waals surface area contributed by atoms with Gasteiger partial charge < -0.3 is 10.1 Å². The van der Waals surface area contributed by atoms with Crippen LogP contribution in [0, 0.1) is 5.82 Å². The monoisotopic (exact) mass is 355 g/mol. The van der Waals surface area contributed by atoms with Gasteiger partial charge in [-0.15, -0.1) is 0 Å². The van der Waals surface area contributed by atoms with Crippen LogP contribution in [0.1, 0.15) is 18.9 Å². The minimum absolute atomic E-state index is 0.227. The van der Waals surface area contributed by atoms with Crippen LogP contribution in [-0.2, 0) is 11.3 Å². The third kappa shape index (κ3) is 5.12. The van der Waals surface area contributed by atoms with Crippen LogP contribution in [0.5, 0.6) is 5.75 Å². The maximum absolute atomic E-state index is 13.1. The first-order valence-corrected chi connectivity index (χ1v) is 7.89. The van der Waals surface area contributed by atoms with Crippen molar-refractivity contribution >= 4 is 29.1 Å². The van der Waals surface area contributed by atoms with Crippen molar-refractivity contribution in [1.82, 2.24) is 5.32 Å². The molecule has 0 spiro atoms. The molecule has 122 valence electrons. The molecule has 2 aromatic carbocycles. The van der Waals surface area contributed by atoms with Crippen molar-refractivity contribution in [3.05, 3.63) is 63.9 Å². The van der Waals surface area contributed by atoms with E-state index < -0.39 is 6.10 Å². The van der Waals surface area contributed by atoms with Crippen LogP contribution in [-0.4, -0.2) is 12.0 Å². The van der Waals surface area contributed by atoms with E-state index in [4.69, 9.17) is 27.9 Å². The molecule has 23 heavy (non-hydrogen) atoms. The fourth-order valence-electron chi connectivity index (χ4n) is 2.00. The normalized spacial score (nSPS) is 11.8. The molecule has 1 atom stereocenters. The zero-order valence-electron chi connectivity index (χ0n) is 12.5. The largest absolute Gasteiger partial charge is 0.479 e. The lowest BCUT2D eigenvalue weighted by Gasteiger charge is -2.18. The van der Waals surface area contributed by atoms with Crippen LogP contribution < -0.4 is 10.1 Å². The lowest BCUT2D eigenvalue weighted by molar-refractivity contribution is -0.128. The minimum Gasteiger partial charge on any atom is -0.479 e. The maximum Gasteiger partial charge on any atom is 0.261 e. The van der Waals surface area contributed by atoms with Crippen LogP contribution in [0.15, 0.2) is 42.5 Å². The highest BCUT2D eigenvalue weighted by molar-refractivity contribution is 6.35. The van der Waals surface area contributed by atoms with E-state index in [1.807, 2.05) is 6.92 Å². The molecule has 6 heteroatoms. The quantitative estimate of drug-likeness (QED) is 0.821. The van der Waals surface area contributed by atoms with Crippen molar-refractivity contribution in [3.8, 4) is 5.75 Å². The minimum atomic E-state index is -0.692. The lowest BCUT2D eigenvalue weighted by atomic mass is 10.2. The second-order valence-corrected chi connectivity index (χ2v) is 5.78. The van der Waals surface area contributed by atoms with Crippen molar-refractivity contribution in [3.63, 3.8) is 0 Å². The summed E-state index contributed by atoms with van der Waals surface area (Å²) in [5.41, 5.74) is 0.678. The average molecular weight is 356 g/mol. The van der Waals surface area contributed by atoms with Gasteiger partial charge in [-0.25, -0.2) is 4.39 Å². The Hall–Kier alpha value is -1.78. The highest BCUT2D eigenvalue weighted by atomic mass is 35.5. The number of carbonyl (C=O) groups excluding carboxylic acids is 1. The highest BCUT2D eigenvalue weighted by Gasteiger charge is 2.19. The summed E-state index contributed by atoms with van der Waals surface area (Å²) in [7, 11) is 0. The van der Waals surface area contributed by atoms with Gasteiger partial charge >= 0.3 is 0 Å². The summed E-state index contributed by atoms with van der Waals surface area (Å²) in [4.78, 5) is 12.2. The maximum atomic E-state index is 13.1. The summed E-state index contributed by atoms with van der Waals surface area (Å²) in [6.45, 7) is 2.06. The van der Waals surface area contributed by atoms with Crippen molar-refractivity contribution in [2.24, 2.45) is 0 Å². The molecular formula is C17H16Cl2FNO2. The Morgan fingerprint density at radius 2 is 2.04 bits per heavy atom. The molecule has 0 bridgehead atoms. The first-order valence-electron chi connectivity index (χ1n) is 7.13. The Morgan fingerprint density at radius 1 is 1.26 bits per heavy atom. The van der Waals surface area contributed by atoms with E-state index in [2.05, 4.69) is 5.32 Å². The molecule has 0 saturated heterocycles. The Bertz CT molecular complexity index is 694. The Balaban J connectivity index is 1.98. The molecule has 0 aliphatic carbocycles. The summed E-state index contributed by atoms with van der Waals surface area (Å²) < 4.78 is 18.8. The van der Waals surface area contributed by atoms with E-state index in [1.165, 1.54) is 12.1 Å². The number of halogens is 3. The number of ether oxygens (including phenoxy) is 1. The van der Waals surface area contributed by atoms with Crippen LogP contribution in [0.4, 0.5) is 4.39 Å². The molecule has 0 fully saturated rings. The highest BCUT2D eigenvalue weighted by Crippen LogP contribution is 2.28. The SMILES string of the molecule is CCC(Oc1ccc(Cl)cc1Cl)C(=O)NCc1cccc(F)c1.